The summed E-state index contributed by atoms with van der Waals surface area (Å²) in [5.41, 5.74) is 1.53. The fourth-order valence-corrected chi connectivity index (χ4v) is 3.80. The lowest BCUT2D eigenvalue weighted by molar-refractivity contribution is -0.122. The van der Waals surface area contributed by atoms with Gasteiger partial charge in [-0.15, -0.1) is 0 Å². The highest BCUT2D eigenvalue weighted by atomic mass is 32.1. The molecule has 0 aliphatic heterocycles. The van der Waals surface area contributed by atoms with E-state index in [9.17, 15) is 9.59 Å². The summed E-state index contributed by atoms with van der Waals surface area (Å²) in [5.74, 6) is 1.10. The van der Waals surface area contributed by atoms with Gasteiger partial charge in [-0.05, 0) is 55.8 Å². The van der Waals surface area contributed by atoms with Gasteiger partial charge >= 0.3 is 4.87 Å². The molecule has 7 heteroatoms. The number of amides is 1. The third kappa shape index (κ3) is 4.14. The van der Waals surface area contributed by atoms with E-state index < -0.39 is 6.10 Å². The first-order valence-corrected chi connectivity index (χ1v) is 9.62. The van der Waals surface area contributed by atoms with Gasteiger partial charge < -0.3 is 14.8 Å². The maximum Gasteiger partial charge on any atom is 0.308 e. The van der Waals surface area contributed by atoms with Crippen molar-refractivity contribution in [2.24, 2.45) is 0 Å². The second-order valence-electron chi connectivity index (χ2n) is 5.97. The van der Waals surface area contributed by atoms with Gasteiger partial charge in [-0.1, -0.05) is 18.3 Å². The summed E-state index contributed by atoms with van der Waals surface area (Å²) >= 11 is 1.18. The van der Waals surface area contributed by atoms with Crippen LogP contribution in [0.1, 0.15) is 20.3 Å². The van der Waals surface area contributed by atoms with Crippen LogP contribution in [-0.4, -0.2) is 23.7 Å². The van der Waals surface area contributed by atoms with Crippen molar-refractivity contribution in [2.45, 2.75) is 32.9 Å². The second kappa shape index (κ2) is 8.26. The van der Waals surface area contributed by atoms with Crippen LogP contribution in [0.5, 0.6) is 11.5 Å². The SMILES string of the molecule is CCC(Oc1ccc(OC)cc1)C(=O)Nc1ccc2c(c1)sc(=O)n2CC. The van der Waals surface area contributed by atoms with Crippen molar-refractivity contribution >= 4 is 33.1 Å². The summed E-state index contributed by atoms with van der Waals surface area (Å²) in [5, 5.41) is 2.88. The normalized spacial score (nSPS) is 12.0. The molecule has 1 atom stereocenters. The van der Waals surface area contributed by atoms with Crippen LogP contribution in [0.3, 0.4) is 0 Å². The van der Waals surface area contributed by atoms with E-state index >= 15 is 0 Å². The Morgan fingerprint density at radius 2 is 1.85 bits per heavy atom. The molecule has 0 bridgehead atoms. The fraction of sp³-hybridized carbons (Fsp3) is 0.300. The largest absolute Gasteiger partial charge is 0.497 e. The number of fused-ring (bicyclic) bond motifs is 1. The topological polar surface area (TPSA) is 69.6 Å². The van der Waals surface area contributed by atoms with Crippen molar-refractivity contribution in [1.82, 2.24) is 4.57 Å². The molecule has 0 radical (unpaired) electrons. The zero-order chi connectivity index (χ0) is 19.4. The first kappa shape index (κ1) is 19.0. The third-order valence-corrected chi connectivity index (χ3v) is 5.19. The van der Waals surface area contributed by atoms with Gasteiger partial charge in [0.25, 0.3) is 5.91 Å². The number of nitrogens with one attached hydrogen (secondary N) is 1. The van der Waals surface area contributed by atoms with Crippen LogP contribution in [0.25, 0.3) is 10.2 Å². The molecule has 1 N–H and O–H groups in total. The number of aromatic nitrogens is 1. The lowest BCUT2D eigenvalue weighted by Crippen LogP contribution is -2.32. The number of aryl methyl sites for hydroxylation is 1. The first-order valence-electron chi connectivity index (χ1n) is 8.80. The summed E-state index contributed by atoms with van der Waals surface area (Å²) < 4.78 is 13.5. The minimum absolute atomic E-state index is 0.00486. The number of anilines is 1. The lowest BCUT2D eigenvalue weighted by atomic mass is 10.2. The molecule has 0 saturated heterocycles. The fourth-order valence-electron chi connectivity index (χ4n) is 2.81. The van der Waals surface area contributed by atoms with Crippen LogP contribution in [0.2, 0.25) is 0 Å². The average Bonchev–Trinajstić information content (AvgIpc) is 3.00. The van der Waals surface area contributed by atoms with Gasteiger partial charge in [0.1, 0.15) is 11.5 Å². The van der Waals surface area contributed by atoms with Gasteiger partial charge in [-0.3, -0.25) is 14.2 Å². The highest BCUT2D eigenvalue weighted by molar-refractivity contribution is 7.16. The van der Waals surface area contributed by atoms with Crippen molar-refractivity contribution < 1.29 is 14.3 Å². The molecule has 142 valence electrons. The number of nitrogens with zero attached hydrogens (tertiary/aromatic N) is 1. The third-order valence-electron chi connectivity index (χ3n) is 4.25. The number of methoxy groups -OCH3 is 1. The standard InChI is InChI=1S/C20H22N2O4S/c1-4-17(26-15-9-7-14(25-3)8-10-15)19(23)21-13-6-11-16-18(12-13)27-20(24)22(16)5-2/h6-12,17H,4-5H2,1-3H3,(H,21,23). The molecule has 0 saturated carbocycles. The molecule has 0 aliphatic rings. The number of carbonyl (C=O) groups excluding carboxylic acids is 1. The molecule has 3 rings (SSSR count). The zero-order valence-corrected chi connectivity index (χ0v) is 16.3. The molecule has 3 aromatic rings. The Hall–Kier alpha value is -2.80. The minimum atomic E-state index is -0.618. The van der Waals surface area contributed by atoms with Crippen LogP contribution in [0, 0.1) is 0 Å². The van der Waals surface area contributed by atoms with Crippen molar-refractivity contribution in [1.29, 1.82) is 0 Å². The Kier molecular flexibility index (Phi) is 5.81. The monoisotopic (exact) mass is 386 g/mol. The predicted molar refractivity (Wildman–Crippen MR) is 108 cm³/mol. The van der Waals surface area contributed by atoms with E-state index in [4.69, 9.17) is 9.47 Å². The van der Waals surface area contributed by atoms with Crippen LogP contribution in [-0.2, 0) is 11.3 Å². The summed E-state index contributed by atoms with van der Waals surface area (Å²) in [7, 11) is 1.60. The highest BCUT2D eigenvalue weighted by Crippen LogP contribution is 2.23. The number of hydrogen-bond acceptors (Lipinski definition) is 5. The van der Waals surface area contributed by atoms with E-state index in [1.165, 1.54) is 11.3 Å². The number of benzene rings is 2. The van der Waals surface area contributed by atoms with E-state index in [-0.39, 0.29) is 10.8 Å². The van der Waals surface area contributed by atoms with Gasteiger partial charge in [0, 0.05) is 12.2 Å². The van der Waals surface area contributed by atoms with E-state index in [2.05, 4.69) is 5.32 Å². The quantitative estimate of drug-likeness (QED) is 0.669. The number of thiazole rings is 1. The van der Waals surface area contributed by atoms with Gasteiger partial charge in [0.05, 0.1) is 17.3 Å². The van der Waals surface area contributed by atoms with E-state index in [1.807, 2.05) is 26.0 Å². The van der Waals surface area contributed by atoms with Gasteiger partial charge in [0.15, 0.2) is 6.10 Å². The Bertz CT molecular complexity index is 991. The summed E-state index contributed by atoms with van der Waals surface area (Å²) in [6, 6.07) is 12.6. The lowest BCUT2D eigenvalue weighted by Gasteiger charge is -2.17. The molecule has 0 aliphatic carbocycles. The summed E-state index contributed by atoms with van der Waals surface area (Å²) in [6.07, 6.45) is -0.0901. The Morgan fingerprint density at radius 3 is 2.48 bits per heavy atom. The summed E-state index contributed by atoms with van der Waals surface area (Å²) in [6.45, 7) is 4.45. The smallest absolute Gasteiger partial charge is 0.308 e. The zero-order valence-electron chi connectivity index (χ0n) is 15.5. The molecule has 1 amide bonds. The number of carbonyl (C=O) groups is 1. The van der Waals surface area contributed by atoms with Crippen molar-refractivity contribution in [2.75, 3.05) is 12.4 Å². The molecule has 1 heterocycles. The minimum Gasteiger partial charge on any atom is -0.497 e. The van der Waals surface area contributed by atoms with Gasteiger partial charge in [0.2, 0.25) is 0 Å². The molecule has 2 aromatic carbocycles. The van der Waals surface area contributed by atoms with Crippen LogP contribution in [0.15, 0.2) is 47.3 Å². The van der Waals surface area contributed by atoms with Crippen LogP contribution in [0.4, 0.5) is 5.69 Å². The Labute approximate surface area is 161 Å². The predicted octanol–water partition coefficient (Wildman–Crippen LogP) is 3.89. The molecule has 0 fully saturated rings. The van der Waals surface area contributed by atoms with Gasteiger partial charge in [-0.2, -0.15) is 0 Å². The first-order chi connectivity index (χ1) is 13.0. The number of hydrogen-bond donors (Lipinski definition) is 1. The van der Waals surface area contributed by atoms with Crippen LogP contribution < -0.4 is 19.7 Å². The Morgan fingerprint density at radius 1 is 1.15 bits per heavy atom. The average molecular weight is 386 g/mol. The highest BCUT2D eigenvalue weighted by Gasteiger charge is 2.19. The van der Waals surface area contributed by atoms with Crippen molar-refractivity contribution in [3.8, 4) is 11.5 Å². The van der Waals surface area contributed by atoms with Crippen molar-refractivity contribution in [3.05, 3.63) is 52.1 Å². The van der Waals surface area contributed by atoms with Gasteiger partial charge in [-0.25, -0.2) is 0 Å². The second-order valence-corrected chi connectivity index (χ2v) is 6.97. The Balaban J connectivity index is 1.73. The molecule has 27 heavy (non-hydrogen) atoms. The van der Waals surface area contributed by atoms with Crippen LogP contribution >= 0.6 is 11.3 Å². The number of rotatable bonds is 7. The molecule has 6 nitrogen and oxygen atoms in total. The molecular formula is C20H22N2O4S. The number of ether oxygens (including phenoxy) is 2. The maximum atomic E-state index is 12.6. The maximum absolute atomic E-state index is 12.6. The van der Waals surface area contributed by atoms with E-state index in [0.29, 0.717) is 24.4 Å². The molecular weight excluding hydrogens is 364 g/mol. The summed E-state index contributed by atoms with van der Waals surface area (Å²) in [4.78, 5) is 24.6. The molecule has 0 spiro atoms. The molecule has 1 unspecified atom stereocenters. The van der Waals surface area contributed by atoms with E-state index in [1.54, 1.807) is 42.0 Å². The van der Waals surface area contributed by atoms with E-state index in [0.717, 1.165) is 16.0 Å². The van der Waals surface area contributed by atoms with Crippen molar-refractivity contribution in [3.63, 3.8) is 0 Å². The molecule has 1 aromatic heterocycles.